The number of aryl methyl sites for hydroxylation is 1. The van der Waals surface area contributed by atoms with Gasteiger partial charge in [0.1, 0.15) is 5.75 Å². The van der Waals surface area contributed by atoms with Gasteiger partial charge >= 0.3 is 0 Å². The Kier molecular flexibility index (Phi) is 1.51. The van der Waals surface area contributed by atoms with Crippen LogP contribution in [0.25, 0.3) is 10.9 Å². The second-order valence-corrected chi connectivity index (χ2v) is 3.20. The second kappa shape index (κ2) is 2.42. The van der Waals surface area contributed by atoms with Gasteiger partial charge in [-0.3, -0.25) is 0 Å². The molecule has 0 saturated carbocycles. The third-order valence-electron chi connectivity index (χ3n) is 1.92. The summed E-state index contributed by atoms with van der Waals surface area (Å²) in [4.78, 5) is 0. The van der Waals surface area contributed by atoms with E-state index in [4.69, 9.17) is 11.6 Å². The molecule has 0 aliphatic heterocycles. The topological polar surface area (TPSA) is 25.2 Å². The number of rotatable bonds is 0. The van der Waals surface area contributed by atoms with Crippen molar-refractivity contribution in [3.05, 3.63) is 29.4 Å². The van der Waals surface area contributed by atoms with Crippen LogP contribution < -0.4 is 0 Å². The fourth-order valence-electron chi connectivity index (χ4n) is 1.33. The maximum atomic E-state index is 9.20. The van der Waals surface area contributed by atoms with Crippen LogP contribution in [0.5, 0.6) is 5.75 Å². The van der Waals surface area contributed by atoms with Gasteiger partial charge in [-0.25, -0.2) is 0 Å². The lowest BCUT2D eigenvalue weighted by Gasteiger charge is -1.95. The number of hydrogen-bond donors (Lipinski definition) is 1. The van der Waals surface area contributed by atoms with Crippen LogP contribution in [0.3, 0.4) is 0 Å². The third-order valence-corrected chi connectivity index (χ3v) is 2.23. The van der Waals surface area contributed by atoms with Gasteiger partial charge in [0.15, 0.2) is 0 Å². The summed E-state index contributed by atoms with van der Waals surface area (Å²) in [5, 5.41) is 10.8. The lowest BCUT2D eigenvalue weighted by Crippen LogP contribution is -1.81. The highest BCUT2D eigenvalue weighted by molar-refractivity contribution is 6.35. The number of phenolic OH excluding ortho intramolecular Hbond substituents is 1. The van der Waals surface area contributed by atoms with Gasteiger partial charge in [0.05, 0.1) is 5.02 Å². The molecular formula is C9H8ClNO. The maximum Gasteiger partial charge on any atom is 0.116 e. The third kappa shape index (κ3) is 0.959. The van der Waals surface area contributed by atoms with Crippen molar-refractivity contribution < 1.29 is 5.11 Å². The van der Waals surface area contributed by atoms with Crippen molar-refractivity contribution in [2.24, 2.45) is 7.05 Å². The molecule has 12 heavy (non-hydrogen) atoms. The molecular weight excluding hydrogens is 174 g/mol. The average molecular weight is 182 g/mol. The lowest BCUT2D eigenvalue weighted by atomic mass is 10.2. The molecule has 1 aromatic heterocycles. The summed E-state index contributed by atoms with van der Waals surface area (Å²) < 4.78 is 1.93. The highest BCUT2D eigenvalue weighted by Gasteiger charge is 2.03. The van der Waals surface area contributed by atoms with Crippen molar-refractivity contribution in [1.82, 2.24) is 4.57 Å². The van der Waals surface area contributed by atoms with Gasteiger partial charge in [-0.15, -0.1) is 0 Å². The van der Waals surface area contributed by atoms with Crippen LogP contribution in [-0.2, 0) is 7.05 Å². The highest BCUT2D eigenvalue weighted by Crippen LogP contribution is 2.27. The number of hydrogen-bond acceptors (Lipinski definition) is 1. The molecule has 0 aliphatic carbocycles. The van der Waals surface area contributed by atoms with E-state index in [1.54, 1.807) is 12.1 Å². The van der Waals surface area contributed by atoms with Gasteiger partial charge in [0, 0.05) is 24.1 Å². The minimum Gasteiger partial charge on any atom is -0.508 e. The Balaban J connectivity index is 2.90. The van der Waals surface area contributed by atoms with E-state index in [-0.39, 0.29) is 5.75 Å². The molecule has 0 aliphatic rings. The summed E-state index contributed by atoms with van der Waals surface area (Å²) in [5.41, 5.74) is 1.03. The van der Waals surface area contributed by atoms with Crippen molar-refractivity contribution in [3.8, 4) is 5.75 Å². The molecule has 0 unspecified atom stereocenters. The number of aromatic nitrogens is 1. The molecule has 62 valence electrons. The van der Waals surface area contributed by atoms with Crippen LogP contribution in [0, 0.1) is 0 Å². The van der Waals surface area contributed by atoms with Crippen LogP contribution in [0.2, 0.25) is 5.02 Å². The first-order valence-corrected chi connectivity index (χ1v) is 4.00. The van der Waals surface area contributed by atoms with E-state index in [0.717, 1.165) is 10.9 Å². The quantitative estimate of drug-likeness (QED) is 0.664. The summed E-state index contributed by atoms with van der Waals surface area (Å²) in [6.45, 7) is 0. The lowest BCUT2D eigenvalue weighted by molar-refractivity contribution is 0.476. The summed E-state index contributed by atoms with van der Waals surface area (Å²) in [6.07, 6.45) is 1.83. The molecule has 0 fully saturated rings. The Labute approximate surface area is 75.0 Å². The van der Waals surface area contributed by atoms with Crippen molar-refractivity contribution >= 4 is 22.5 Å². The smallest absolute Gasteiger partial charge is 0.116 e. The van der Waals surface area contributed by atoms with Gasteiger partial charge < -0.3 is 9.67 Å². The predicted molar refractivity (Wildman–Crippen MR) is 49.6 cm³/mol. The average Bonchev–Trinajstić information content (AvgIpc) is 2.28. The molecule has 1 heterocycles. The zero-order valence-corrected chi connectivity index (χ0v) is 7.34. The van der Waals surface area contributed by atoms with Crippen LogP contribution in [0.15, 0.2) is 24.4 Å². The van der Waals surface area contributed by atoms with Gasteiger partial charge in [0.2, 0.25) is 0 Å². The van der Waals surface area contributed by atoms with E-state index in [0.29, 0.717) is 5.02 Å². The first-order chi connectivity index (χ1) is 5.68. The second-order valence-electron chi connectivity index (χ2n) is 2.79. The number of benzene rings is 1. The molecule has 0 atom stereocenters. The molecule has 2 aromatic rings. The number of aromatic hydroxyl groups is 1. The fourth-order valence-corrected chi connectivity index (χ4v) is 1.63. The van der Waals surface area contributed by atoms with Gasteiger partial charge in [0.25, 0.3) is 0 Å². The Morgan fingerprint density at radius 3 is 2.92 bits per heavy atom. The van der Waals surface area contributed by atoms with E-state index in [1.165, 1.54) is 0 Å². The summed E-state index contributed by atoms with van der Waals surface area (Å²) in [7, 11) is 1.92. The molecule has 3 heteroatoms. The number of phenols is 1. The molecule has 0 radical (unpaired) electrons. The van der Waals surface area contributed by atoms with Crippen LogP contribution >= 0.6 is 11.6 Å². The summed E-state index contributed by atoms with van der Waals surface area (Å²) in [6, 6.07) is 5.16. The minimum absolute atomic E-state index is 0.246. The van der Waals surface area contributed by atoms with Crippen molar-refractivity contribution in [2.75, 3.05) is 0 Å². The van der Waals surface area contributed by atoms with E-state index in [2.05, 4.69) is 0 Å². The molecule has 1 N–H and O–H groups in total. The first kappa shape index (κ1) is 7.50. The Bertz CT molecular complexity index is 433. The Morgan fingerprint density at radius 1 is 1.42 bits per heavy atom. The predicted octanol–water partition coefficient (Wildman–Crippen LogP) is 2.54. The molecule has 2 nitrogen and oxygen atoms in total. The van der Waals surface area contributed by atoms with E-state index in [9.17, 15) is 5.11 Å². The van der Waals surface area contributed by atoms with Crippen molar-refractivity contribution in [3.63, 3.8) is 0 Å². The molecule has 1 aromatic carbocycles. The monoisotopic (exact) mass is 181 g/mol. The normalized spacial score (nSPS) is 10.8. The van der Waals surface area contributed by atoms with Crippen LogP contribution in [0.4, 0.5) is 0 Å². The molecule has 0 amide bonds. The van der Waals surface area contributed by atoms with Gasteiger partial charge in [-0.1, -0.05) is 11.6 Å². The maximum absolute atomic E-state index is 9.20. The SMILES string of the molecule is Cn1cc(Cl)c2cc(O)ccc21. The minimum atomic E-state index is 0.246. The standard InChI is InChI=1S/C9H8ClNO/c1-11-5-8(10)7-4-6(12)2-3-9(7)11/h2-5,12H,1H3. The zero-order chi connectivity index (χ0) is 8.72. The fraction of sp³-hybridized carbons (Fsp3) is 0.111. The first-order valence-electron chi connectivity index (χ1n) is 3.62. The molecule has 0 bridgehead atoms. The summed E-state index contributed by atoms with van der Waals surface area (Å²) >= 11 is 5.92. The zero-order valence-electron chi connectivity index (χ0n) is 6.58. The Morgan fingerprint density at radius 2 is 2.17 bits per heavy atom. The van der Waals surface area contributed by atoms with Gasteiger partial charge in [-0.05, 0) is 18.2 Å². The van der Waals surface area contributed by atoms with E-state index in [1.807, 2.05) is 23.9 Å². The highest BCUT2D eigenvalue weighted by atomic mass is 35.5. The van der Waals surface area contributed by atoms with E-state index >= 15 is 0 Å². The molecule has 0 saturated heterocycles. The van der Waals surface area contributed by atoms with Crippen molar-refractivity contribution in [1.29, 1.82) is 0 Å². The van der Waals surface area contributed by atoms with E-state index < -0.39 is 0 Å². The number of nitrogens with zero attached hydrogens (tertiary/aromatic N) is 1. The van der Waals surface area contributed by atoms with Crippen LogP contribution in [-0.4, -0.2) is 9.67 Å². The largest absolute Gasteiger partial charge is 0.508 e. The van der Waals surface area contributed by atoms with Gasteiger partial charge in [-0.2, -0.15) is 0 Å². The number of fused-ring (bicyclic) bond motifs is 1. The van der Waals surface area contributed by atoms with Crippen molar-refractivity contribution in [2.45, 2.75) is 0 Å². The number of halogens is 1. The van der Waals surface area contributed by atoms with Crippen LogP contribution in [0.1, 0.15) is 0 Å². The Hall–Kier alpha value is -1.15. The summed E-state index contributed by atoms with van der Waals surface area (Å²) in [5.74, 6) is 0.246. The molecule has 2 rings (SSSR count). The molecule has 0 spiro atoms.